The van der Waals surface area contributed by atoms with Crippen molar-refractivity contribution in [1.29, 1.82) is 0 Å². The van der Waals surface area contributed by atoms with E-state index in [2.05, 4.69) is 152 Å². The molecular weight excluding hydrogens is 736 g/mol. The molecule has 0 aromatic heterocycles. The lowest BCUT2D eigenvalue weighted by Gasteiger charge is -2.28. The smallest absolute Gasteiger partial charge is 0.159 e. The summed E-state index contributed by atoms with van der Waals surface area (Å²) in [5, 5.41) is 0. The Kier molecular flexibility index (Phi) is 10.5. The molecule has 0 fully saturated rings. The SMILES string of the molecule is Brc1ccccc1-c1ccccc1Br.CC(=O)c1ccccc1.CC1(c2ccccc2)c2ccccc2-c2c(Br)cccc21. The van der Waals surface area contributed by atoms with Crippen molar-refractivity contribution in [3.63, 3.8) is 0 Å². The average Bonchev–Trinajstić information content (AvgIpc) is 3.33. The topological polar surface area (TPSA) is 17.1 Å². The van der Waals surface area contributed by atoms with Crippen molar-refractivity contribution in [1.82, 2.24) is 0 Å². The van der Waals surface area contributed by atoms with Gasteiger partial charge >= 0.3 is 0 Å². The van der Waals surface area contributed by atoms with Crippen LogP contribution in [-0.4, -0.2) is 5.78 Å². The predicted octanol–water partition coefficient (Wildman–Crippen LogP) is 12.6. The van der Waals surface area contributed by atoms with E-state index in [1.807, 2.05) is 54.6 Å². The van der Waals surface area contributed by atoms with Gasteiger partial charge in [-0.25, -0.2) is 0 Å². The molecule has 7 rings (SSSR count). The molecule has 0 N–H and O–H groups in total. The standard InChI is InChI=1S/C20H15Br.C12H8Br2.C8H8O/c1-20(14-8-3-2-4-9-14)16-11-6-5-10-15(16)19-17(20)12-7-13-18(19)21;13-11-7-3-1-5-9(11)10-6-2-4-8-12(10)14;1-7(9)8-5-3-2-4-6-8/h2-13H,1H3;1-8H;2-6H,1H3. The van der Waals surface area contributed by atoms with Crippen LogP contribution in [0.25, 0.3) is 22.3 Å². The van der Waals surface area contributed by atoms with Gasteiger partial charge < -0.3 is 0 Å². The minimum Gasteiger partial charge on any atom is -0.295 e. The molecule has 44 heavy (non-hydrogen) atoms. The summed E-state index contributed by atoms with van der Waals surface area (Å²) in [6, 6.07) is 51.7. The molecule has 1 atom stereocenters. The third-order valence-electron chi connectivity index (χ3n) is 7.86. The van der Waals surface area contributed by atoms with Crippen molar-refractivity contribution >= 4 is 53.6 Å². The zero-order valence-corrected chi connectivity index (χ0v) is 29.2. The Morgan fingerprint density at radius 3 is 1.43 bits per heavy atom. The molecule has 0 heterocycles. The van der Waals surface area contributed by atoms with E-state index in [4.69, 9.17) is 0 Å². The summed E-state index contributed by atoms with van der Waals surface area (Å²) in [5.74, 6) is 0.121. The number of fused-ring (bicyclic) bond motifs is 3. The van der Waals surface area contributed by atoms with E-state index in [0.29, 0.717) is 0 Å². The summed E-state index contributed by atoms with van der Waals surface area (Å²) in [7, 11) is 0. The fraction of sp³-hybridized carbons (Fsp3) is 0.0750. The number of carbonyl (C=O) groups excluding carboxylic acids is 1. The Bertz CT molecular complexity index is 1840. The Labute approximate surface area is 285 Å². The number of hydrogen-bond donors (Lipinski definition) is 0. The van der Waals surface area contributed by atoms with E-state index < -0.39 is 0 Å². The first-order valence-corrected chi connectivity index (χ1v) is 16.7. The van der Waals surface area contributed by atoms with Crippen molar-refractivity contribution in [3.8, 4) is 22.3 Å². The molecule has 0 spiro atoms. The number of benzene rings is 6. The highest BCUT2D eigenvalue weighted by molar-refractivity contribution is 9.11. The molecule has 0 amide bonds. The monoisotopic (exact) mass is 764 g/mol. The molecule has 1 unspecified atom stereocenters. The summed E-state index contributed by atoms with van der Waals surface area (Å²) >= 11 is 10.8. The van der Waals surface area contributed by atoms with Crippen LogP contribution in [0.15, 0.2) is 165 Å². The Balaban J connectivity index is 0.000000144. The number of ketones is 1. The quantitative estimate of drug-likeness (QED) is 0.164. The van der Waals surface area contributed by atoms with E-state index in [9.17, 15) is 4.79 Å². The van der Waals surface area contributed by atoms with Gasteiger partial charge in [0.1, 0.15) is 0 Å². The van der Waals surface area contributed by atoms with E-state index >= 15 is 0 Å². The first-order valence-electron chi connectivity index (χ1n) is 14.3. The molecule has 0 saturated heterocycles. The first kappa shape index (κ1) is 31.8. The summed E-state index contributed by atoms with van der Waals surface area (Å²) in [5.41, 5.74) is 9.89. The molecule has 4 heteroatoms. The normalized spacial score (nSPS) is 14.2. The maximum atomic E-state index is 10.6. The van der Waals surface area contributed by atoms with Crippen LogP contribution in [0.2, 0.25) is 0 Å². The summed E-state index contributed by atoms with van der Waals surface area (Å²) in [6.45, 7) is 3.90. The Morgan fingerprint density at radius 2 is 0.909 bits per heavy atom. The van der Waals surface area contributed by atoms with Crippen LogP contribution in [0.1, 0.15) is 40.9 Å². The second kappa shape index (κ2) is 14.5. The number of hydrogen-bond acceptors (Lipinski definition) is 1. The van der Waals surface area contributed by atoms with Crippen molar-refractivity contribution in [3.05, 3.63) is 187 Å². The molecule has 1 nitrogen and oxygen atoms in total. The van der Waals surface area contributed by atoms with Crippen molar-refractivity contribution in [2.24, 2.45) is 0 Å². The highest BCUT2D eigenvalue weighted by Gasteiger charge is 2.41. The van der Waals surface area contributed by atoms with E-state index in [1.165, 1.54) is 43.4 Å². The molecular formula is C40H31Br3O. The van der Waals surface area contributed by atoms with Gasteiger partial charge in [0.05, 0.1) is 0 Å². The van der Waals surface area contributed by atoms with E-state index in [1.54, 1.807) is 6.92 Å². The van der Waals surface area contributed by atoms with Gasteiger partial charge in [0.15, 0.2) is 5.78 Å². The van der Waals surface area contributed by atoms with Crippen molar-refractivity contribution in [2.45, 2.75) is 19.3 Å². The second-order valence-corrected chi connectivity index (χ2v) is 13.1. The van der Waals surface area contributed by atoms with Crippen LogP contribution in [-0.2, 0) is 5.41 Å². The number of Topliss-reactive ketones (excluding diaryl/α,β-unsaturated/α-hetero) is 1. The molecule has 218 valence electrons. The minimum absolute atomic E-state index is 0.0863. The highest BCUT2D eigenvalue weighted by Crippen LogP contribution is 2.54. The van der Waals surface area contributed by atoms with Crippen LogP contribution < -0.4 is 0 Å². The maximum absolute atomic E-state index is 10.6. The molecule has 0 saturated carbocycles. The zero-order valence-electron chi connectivity index (χ0n) is 24.5. The fourth-order valence-electron chi connectivity index (χ4n) is 5.61. The number of carbonyl (C=O) groups is 1. The van der Waals surface area contributed by atoms with Gasteiger partial charge in [-0.05, 0) is 65.4 Å². The number of halogens is 3. The zero-order chi connectivity index (χ0) is 31.1. The van der Waals surface area contributed by atoms with Gasteiger partial charge in [-0.3, -0.25) is 4.79 Å². The lowest BCUT2D eigenvalue weighted by molar-refractivity contribution is 0.101. The van der Waals surface area contributed by atoms with Gasteiger partial charge in [0.2, 0.25) is 0 Å². The lowest BCUT2D eigenvalue weighted by Crippen LogP contribution is -2.22. The van der Waals surface area contributed by atoms with Gasteiger partial charge in [-0.2, -0.15) is 0 Å². The van der Waals surface area contributed by atoms with Gasteiger partial charge in [-0.1, -0.05) is 181 Å². The van der Waals surface area contributed by atoms with E-state index in [0.717, 1.165) is 14.5 Å². The third-order valence-corrected chi connectivity index (χ3v) is 9.90. The molecule has 0 radical (unpaired) electrons. The molecule has 0 bridgehead atoms. The van der Waals surface area contributed by atoms with Crippen molar-refractivity contribution in [2.75, 3.05) is 0 Å². The van der Waals surface area contributed by atoms with Gasteiger partial charge in [0, 0.05) is 30.0 Å². The van der Waals surface area contributed by atoms with Gasteiger partial charge in [-0.15, -0.1) is 0 Å². The maximum Gasteiger partial charge on any atom is 0.159 e. The average molecular weight is 767 g/mol. The fourth-order valence-corrected chi connectivity index (χ4v) is 7.19. The first-order chi connectivity index (χ1) is 21.3. The Morgan fingerprint density at radius 1 is 0.477 bits per heavy atom. The summed E-state index contributed by atoms with van der Waals surface area (Å²) < 4.78 is 3.41. The van der Waals surface area contributed by atoms with Crippen LogP contribution >= 0.6 is 47.8 Å². The highest BCUT2D eigenvalue weighted by atomic mass is 79.9. The third kappa shape index (κ3) is 6.73. The van der Waals surface area contributed by atoms with Crippen LogP contribution in [0.3, 0.4) is 0 Å². The molecule has 6 aromatic carbocycles. The largest absolute Gasteiger partial charge is 0.295 e. The van der Waals surface area contributed by atoms with Crippen LogP contribution in [0, 0.1) is 0 Å². The summed E-state index contributed by atoms with van der Waals surface area (Å²) in [4.78, 5) is 10.6. The summed E-state index contributed by atoms with van der Waals surface area (Å²) in [6.07, 6.45) is 0. The van der Waals surface area contributed by atoms with Gasteiger partial charge in [0.25, 0.3) is 0 Å². The van der Waals surface area contributed by atoms with Crippen LogP contribution in [0.5, 0.6) is 0 Å². The molecule has 1 aliphatic carbocycles. The van der Waals surface area contributed by atoms with Crippen molar-refractivity contribution < 1.29 is 4.79 Å². The number of rotatable bonds is 3. The second-order valence-electron chi connectivity index (χ2n) is 10.6. The molecule has 1 aliphatic rings. The van der Waals surface area contributed by atoms with Crippen LogP contribution in [0.4, 0.5) is 0 Å². The predicted molar refractivity (Wildman–Crippen MR) is 195 cm³/mol. The lowest BCUT2D eigenvalue weighted by atomic mass is 9.74. The minimum atomic E-state index is -0.0863. The molecule has 0 aliphatic heterocycles. The molecule has 6 aromatic rings. The van der Waals surface area contributed by atoms with E-state index in [-0.39, 0.29) is 11.2 Å². The Hall–Kier alpha value is -3.57.